The third-order valence-corrected chi connectivity index (χ3v) is 4.60. The van der Waals surface area contributed by atoms with Crippen molar-refractivity contribution in [3.05, 3.63) is 30.3 Å². The van der Waals surface area contributed by atoms with Gasteiger partial charge in [0.05, 0.1) is 5.92 Å². The molecule has 0 aromatic heterocycles. The highest BCUT2D eigenvalue weighted by Crippen LogP contribution is 2.26. The molecule has 1 saturated carbocycles. The van der Waals surface area contributed by atoms with E-state index in [4.69, 9.17) is 5.73 Å². The Bertz CT molecular complexity index is 454. The van der Waals surface area contributed by atoms with E-state index in [1.54, 1.807) is 0 Å². The minimum absolute atomic E-state index is 0.0678. The molecule has 2 unspecified atom stereocenters. The Morgan fingerprint density at radius 1 is 1.05 bits per heavy atom. The van der Waals surface area contributed by atoms with Gasteiger partial charge in [-0.25, -0.2) is 0 Å². The lowest BCUT2D eigenvalue weighted by atomic mass is 10.0. The first-order valence-electron chi connectivity index (χ1n) is 7.60. The van der Waals surface area contributed by atoms with Crippen LogP contribution in [0.25, 0.3) is 0 Å². The number of piperazine rings is 1. The molecule has 2 N–H and O–H groups in total. The molecule has 1 aliphatic heterocycles. The number of carbonyl (C=O) groups is 1. The largest absolute Gasteiger partial charge is 0.368 e. The smallest absolute Gasteiger partial charge is 0.227 e. The van der Waals surface area contributed by atoms with Gasteiger partial charge >= 0.3 is 0 Å². The second kappa shape index (κ2) is 5.83. The summed E-state index contributed by atoms with van der Waals surface area (Å²) in [7, 11) is 0. The Morgan fingerprint density at radius 3 is 2.35 bits per heavy atom. The summed E-state index contributed by atoms with van der Waals surface area (Å²) < 4.78 is 0. The van der Waals surface area contributed by atoms with E-state index in [1.165, 1.54) is 5.69 Å². The van der Waals surface area contributed by atoms with Crippen LogP contribution in [0.3, 0.4) is 0 Å². The van der Waals surface area contributed by atoms with Crippen LogP contribution in [0.4, 0.5) is 5.69 Å². The summed E-state index contributed by atoms with van der Waals surface area (Å²) in [6.45, 7) is 3.46. The van der Waals surface area contributed by atoms with Crippen LogP contribution in [0.1, 0.15) is 19.3 Å². The van der Waals surface area contributed by atoms with Gasteiger partial charge in [-0.1, -0.05) is 24.6 Å². The number of amides is 1. The van der Waals surface area contributed by atoms with E-state index in [2.05, 4.69) is 29.2 Å². The normalized spacial score (nSPS) is 26.9. The van der Waals surface area contributed by atoms with E-state index in [-0.39, 0.29) is 17.9 Å². The molecule has 1 aromatic carbocycles. The topological polar surface area (TPSA) is 49.6 Å². The molecule has 0 bridgehead atoms. The number of anilines is 1. The number of nitrogens with two attached hydrogens (primary N) is 1. The van der Waals surface area contributed by atoms with Crippen molar-refractivity contribution in [3.8, 4) is 0 Å². The molecule has 0 spiro atoms. The van der Waals surface area contributed by atoms with Crippen LogP contribution in [-0.2, 0) is 4.79 Å². The molecule has 1 aliphatic carbocycles. The van der Waals surface area contributed by atoms with Crippen molar-refractivity contribution in [2.75, 3.05) is 31.1 Å². The number of nitrogens with zero attached hydrogens (tertiary/aromatic N) is 2. The van der Waals surface area contributed by atoms with Gasteiger partial charge in [-0.2, -0.15) is 0 Å². The molecular formula is C16H23N3O. The van der Waals surface area contributed by atoms with E-state index >= 15 is 0 Å². The minimum atomic E-state index is 0.0678. The molecule has 1 saturated heterocycles. The van der Waals surface area contributed by atoms with Gasteiger partial charge in [0, 0.05) is 37.9 Å². The maximum absolute atomic E-state index is 12.5. The zero-order valence-corrected chi connectivity index (χ0v) is 11.9. The van der Waals surface area contributed by atoms with Gasteiger partial charge in [0.1, 0.15) is 0 Å². The molecule has 20 heavy (non-hydrogen) atoms. The van der Waals surface area contributed by atoms with Crippen molar-refractivity contribution in [3.63, 3.8) is 0 Å². The molecule has 0 radical (unpaired) electrons. The number of rotatable bonds is 2. The number of para-hydroxylation sites is 1. The van der Waals surface area contributed by atoms with E-state index in [0.29, 0.717) is 0 Å². The van der Waals surface area contributed by atoms with Crippen LogP contribution in [0, 0.1) is 5.92 Å². The van der Waals surface area contributed by atoms with Crippen molar-refractivity contribution >= 4 is 11.6 Å². The van der Waals surface area contributed by atoms with Gasteiger partial charge in [-0.3, -0.25) is 4.79 Å². The highest BCUT2D eigenvalue weighted by molar-refractivity contribution is 5.80. The second-order valence-corrected chi connectivity index (χ2v) is 5.85. The summed E-state index contributed by atoms with van der Waals surface area (Å²) in [5.74, 6) is 0.348. The molecule has 2 fully saturated rings. The number of hydrogen-bond acceptors (Lipinski definition) is 3. The van der Waals surface area contributed by atoms with Crippen LogP contribution in [0.2, 0.25) is 0 Å². The summed E-state index contributed by atoms with van der Waals surface area (Å²) in [4.78, 5) is 16.8. The van der Waals surface area contributed by atoms with Crippen LogP contribution in [0.15, 0.2) is 30.3 Å². The number of carbonyl (C=O) groups excluding carboxylic acids is 1. The predicted octanol–water partition coefficient (Wildman–Crippen LogP) is 1.46. The number of hydrogen-bond donors (Lipinski definition) is 1. The Kier molecular flexibility index (Phi) is 3.92. The van der Waals surface area contributed by atoms with Gasteiger partial charge in [0.2, 0.25) is 5.91 Å². The first-order chi connectivity index (χ1) is 9.75. The van der Waals surface area contributed by atoms with Crippen molar-refractivity contribution in [2.45, 2.75) is 25.3 Å². The molecule has 4 nitrogen and oxygen atoms in total. The van der Waals surface area contributed by atoms with Gasteiger partial charge in [0.25, 0.3) is 0 Å². The fourth-order valence-electron chi connectivity index (χ4n) is 3.35. The lowest BCUT2D eigenvalue weighted by Gasteiger charge is -2.37. The Labute approximate surface area is 120 Å². The van der Waals surface area contributed by atoms with Gasteiger partial charge < -0.3 is 15.5 Å². The van der Waals surface area contributed by atoms with E-state index in [9.17, 15) is 4.79 Å². The summed E-state index contributed by atoms with van der Waals surface area (Å²) in [5.41, 5.74) is 7.29. The van der Waals surface area contributed by atoms with Crippen LogP contribution >= 0.6 is 0 Å². The molecular weight excluding hydrogens is 250 g/mol. The fraction of sp³-hybridized carbons (Fsp3) is 0.562. The monoisotopic (exact) mass is 273 g/mol. The average molecular weight is 273 g/mol. The maximum atomic E-state index is 12.5. The van der Waals surface area contributed by atoms with Gasteiger partial charge in [-0.05, 0) is 25.0 Å². The third kappa shape index (κ3) is 2.66. The molecule has 108 valence electrons. The quantitative estimate of drug-likeness (QED) is 0.887. The van der Waals surface area contributed by atoms with Crippen molar-refractivity contribution < 1.29 is 4.79 Å². The SMILES string of the molecule is NC1CCCC1C(=O)N1CCN(c2ccccc2)CC1. The first-order valence-corrected chi connectivity index (χ1v) is 7.60. The molecule has 3 rings (SSSR count). The third-order valence-electron chi connectivity index (χ3n) is 4.60. The van der Waals surface area contributed by atoms with Gasteiger partial charge in [0.15, 0.2) is 0 Å². The van der Waals surface area contributed by atoms with E-state index in [0.717, 1.165) is 45.4 Å². The van der Waals surface area contributed by atoms with E-state index < -0.39 is 0 Å². The second-order valence-electron chi connectivity index (χ2n) is 5.85. The van der Waals surface area contributed by atoms with Crippen molar-refractivity contribution in [1.82, 2.24) is 4.90 Å². The summed E-state index contributed by atoms with van der Waals surface area (Å²) in [5, 5.41) is 0. The zero-order chi connectivity index (χ0) is 13.9. The maximum Gasteiger partial charge on any atom is 0.227 e. The summed E-state index contributed by atoms with van der Waals surface area (Å²) in [6.07, 6.45) is 3.07. The van der Waals surface area contributed by atoms with Crippen molar-refractivity contribution in [1.29, 1.82) is 0 Å². The summed E-state index contributed by atoms with van der Waals surface area (Å²) in [6, 6.07) is 10.5. The highest BCUT2D eigenvalue weighted by atomic mass is 16.2. The molecule has 2 atom stereocenters. The molecule has 1 amide bonds. The standard InChI is InChI=1S/C16H23N3O/c17-15-8-4-7-14(15)16(20)19-11-9-18(10-12-19)13-5-2-1-3-6-13/h1-3,5-6,14-15H,4,7-12,17H2. The van der Waals surface area contributed by atoms with Crippen molar-refractivity contribution in [2.24, 2.45) is 11.7 Å². The lowest BCUT2D eigenvalue weighted by Crippen LogP contribution is -2.52. The summed E-state index contributed by atoms with van der Waals surface area (Å²) >= 11 is 0. The number of benzene rings is 1. The van der Waals surface area contributed by atoms with Crippen LogP contribution in [0.5, 0.6) is 0 Å². The zero-order valence-electron chi connectivity index (χ0n) is 11.9. The Balaban J connectivity index is 1.57. The Morgan fingerprint density at radius 2 is 1.75 bits per heavy atom. The molecule has 1 heterocycles. The molecule has 1 aromatic rings. The molecule has 2 aliphatic rings. The Hall–Kier alpha value is -1.55. The van der Waals surface area contributed by atoms with Crippen LogP contribution < -0.4 is 10.6 Å². The van der Waals surface area contributed by atoms with Crippen LogP contribution in [-0.4, -0.2) is 43.0 Å². The van der Waals surface area contributed by atoms with Gasteiger partial charge in [-0.15, -0.1) is 0 Å². The lowest BCUT2D eigenvalue weighted by molar-refractivity contribution is -0.136. The first kappa shape index (κ1) is 13.4. The predicted molar refractivity (Wildman–Crippen MR) is 80.6 cm³/mol. The molecule has 4 heteroatoms. The fourth-order valence-corrected chi connectivity index (χ4v) is 3.35. The highest BCUT2D eigenvalue weighted by Gasteiger charge is 2.34. The average Bonchev–Trinajstić information content (AvgIpc) is 2.94. The minimum Gasteiger partial charge on any atom is -0.368 e. The van der Waals surface area contributed by atoms with E-state index in [1.807, 2.05) is 11.0 Å².